The Morgan fingerprint density at radius 1 is 1.08 bits per heavy atom. The van der Waals surface area contributed by atoms with Crippen LogP contribution in [0.3, 0.4) is 0 Å². The molecular weight excluding hydrogens is 355 g/mol. The van der Waals surface area contributed by atoms with E-state index in [9.17, 15) is 18.0 Å². The Balaban J connectivity index is 1.58. The van der Waals surface area contributed by atoms with Gasteiger partial charge in [-0.2, -0.15) is 13.2 Å². The quantitative estimate of drug-likeness (QED) is 0.790. The Morgan fingerprint density at radius 3 is 2.44 bits per heavy atom. The molecule has 2 aliphatic heterocycles. The summed E-state index contributed by atoms with van der Waals surface area (Å²) < 4.78 is 37.9. The summed E-state index contributed by atoms with van der Waals surface area (Å²) in [6.07, 6.45) is -0.252. The van der Waals surface area contributed by atoms with E-state index in [1.54, 1.807) is 4.90 Å². The molecule has 1 aromatic heterocycles. The van der Waals surface area contributed by atoms with E-state index >= 15 is 0 Å². The molecule has 10 heteroatoms. The van der Waals surface area contributed by atoms with Crippen molar-refractivity contribution in [2.75, 3.05) is 44.7 Å². The molecule has 0 N–H and O–H groups in total. The van der Waals surface area contributed by atoms with Crippen LogP contribution in [-0.2, 0) is 11.0 Å². The lowest BCUT2D eigenvalue weighted by molar-refractivity contribution is -0.138. The number of halogens is 3. The molecule has 25 heavy (non-hydrogen) atoms. The highest BCUT2D eigenvalue weighted by atomic mass is 32.1. The van der Waals surface area contributed by atoms with Crippen molar-refractivity contribution in [1.82, 2.24) is 20.0 Å². The molecule has 1 unspecified atom stereocenters. The van der Waals surface area contributed by atoms with Crippen molar-refractivity contribution in [1.29, 1.82) is 0 Å². The molecule has 1 atom stereocenters. The van der Waals surface area contributed by atoms with E-state index in [1.807, 2.05) is 11.9 Å². The van der Waals surface area contributed by atoms with Crippen LogP contribution < -0.4 is 4.90 Å². The van der Waals surface area contributed by atoms with Gasteiger partial charge in [-0.3, -0.25) is 9.69 Å². The van der Waals surface area contributed by atoms with E-state index in [0.29, 0.717) is 37.5 Å². The number of piperazine rings is 1. The van der Waals surface area contributed by atoms with Crippen LogP contribution in [0.1, 0.15) is 30.7 Å². The van der Waals surface area contributed by atoms with Gasteiger partial charge in [0.1, 0.15) is 0 Å². The SMILES string of the molecule is CN1CCCCCC1C(=O)N1CCN(c2nnc(C(F)(F)F)s2)CC1. The molecule has 0 spiro atoms. The maximum Gasteiger partial charge on any atom is 0.445 e. The van der Waals surface area contributed by atoms with Gasteiger partial charge in [0.05, 0.1) is 6.04 Å². The van der Waals surface area contributed by atoms with Crippen LogP contribution in [0.25, 0.3) is 0 Å². The Morgan fingerprint density at radius 2 is 1.80 bits per heavy atom. The van der Waals surface area contributed by atoms with Gasteiger partial charge >= 0.3 is 6.18 Å². The van der Waals surface area contributed by atoms with E-state index in [2.05, 4.69) is 15.1 Å². The Labute approximate surface area is 148 Å². The number of amides is 1. The first-order chi connectivity index (χ1) is 11.9. The molecule has 1 amide bonds. The van der Waals surface area contributed by atoms with E-state index in [-0.39, 0.29) is 17.1 Å². The number of nitrogens with zero attached hydrogens (tertiary/aromatic N) is 5. The maximum absolute atomic E-state index is 12.8. The minimum atomic E-state index is -4.46. The number of hydrogen-bond donors (Lipinski definition) is 0. The molecule has 140 valence electrons. The van der Waals surface area contributed by atoms with Crippen LogP contribution in [0.2, 0.25) is 0 Å². The summed E-state index contributed by atoms with van der Waals surface area (Å²) in [5.74, 6) is 0.136. The van der Waals surface area contributed by atoms with Gasteiger partial charge < -0.3 is 9.80 Å². The summed E-state index contributed by atoms with van der Waals surface area (Å²) in [5.41, 5.74) is 0. The van der Waals surface area contributed by atoms with Crippen LogP contribution in [0.15, 0.2) is 0 Å². The summed E-state index contributed by atoms with van der Waals surface area (Å²) >= 11 is 0.554. The van der Waals surface area contributed by atoms with Gasteiger partial charge in [0, 0.05) is 26.2 Å². The van der Waals surface area contributed by atoms with Gasteiger partial charge in [-0.05, 0) is 26.4 Å². The van der Waals surface area contributed by atoms with E-state index in [4.69, 9.17) is 0 Å². The zero-order valence-electron chi connectivity index (χ0n) is 14.1. The molecule has 0 aliphatic carbocycles. The Bertz CT molecular complexity index is 600. The molecule has 0 radical (unpaired) electrons. The molecular formula is C15H22F3N5OS. The minimum absolute atomic E-state index is 0.0765. The van der Waals surface area contributed by atoms with Crippen molar-refractivity contribution < 1.29 is 18.0 Å². The zero-order chi connectivity index (χ0) is 18.0. The van der Waals surface area contributed by atoms with Gasteiger partial charge in [-0.1, -0.05) is 24.2 Å². The second-order valence-corrected chi connectivity index (χ2v) is 7.50. The summed E-state index contributed by atoms with van der Waals surface area (Å²) in [7, 11) is 1.99. The van der Waals surface area contributed by atoms with Gasteiger partial charge in [-0.25, -0.2) is 0 Å². The highest BCUT2D eigenvalue weighted by Crippen LogP contribution is 2.34. The highest BCUT2D eigenvalue weighted by molar-refractivity contribution is 7.15. The van der Waals surface area contributed by atoms with Crippen LogP contribution in [0.4, 0.5) is 18.3 Å². The van der Waals surface area contributed by atoms with Crippen molar-refractivity contribution in [2.45, 2.75) is 37.9 Å². The maximum atomic E-state index is 12.8. The van der Waals surface area contributed by atoms with Gasteiger partial charge in [0.2, 0.25) is 16.0 Å². The average molecular weight is 377 g/mol. The average Bonchev–Trinajstić information content (AvgIpc) is 2.99. The molecule has 0 bridgehead atoms. The number of carbonyl (C=O) groups is 1. The molecule has 3 heterocycles. The second-order valence-electron chi connectivity index (χ2n) is 6.55. The normalized spacial score (nSPS) is 23.6. The topological polar surface area (TPSA) is 52.6 Å². The molecule has 2 aliphatic rings. The fourth-order valence-electron chi connectivity index (χ4n) is 3.35. The van der Waals surface area contributed by atoms with Crippen molar-refractivity contribution in [3.8, 4) is 0 Å². The number of carbonyl (C=O) groups excluding carboxylic acids is 1. The molecule has 0 saturated carbocycles. The standard InChI is InChI=1S/C15H22F3N5OS/c1-21-6-4-2-3-5-11(21)12(24)22-7-9-23(10-8-22)14-20-19-13(25-14)15(16,17)18/h11H,2-10H2,1H3. The first-order valence-electron chi connectivity index (χ1n) is 8.51. The van der Waals surface area contributed by atoms with Crippen LogP contribution >= 0.6 is 11.3 Å². The largest absolute Gasteiger partial charge is 0.445 e. The third-order valence-electron chi connectivity index (χ3n) is 4.82. The summed E-state index contributed by atoms with van der Waals surface area (Å²) in [4.78, 5) is 18.5. The fourth-order valence-corrected chi connectivity index (χ4v) is 4.11. The minimum Gasteiger partial charge on any atom is -0.343 e. The lowest BCUT2D eigenvalue weighted by atomic mass is 10.1. The summed E-state index contributed by atoms with van der Waals surface area (Å²) in [5, 5.41) is 6.22. The Hall–Kier alpha value is -1.42. The number of aromatic nitrogens is 2. The predicted octanol–water partition coefficient (Wildman–Crippen LogP) is 2.08. The van der Waals surface area contributed by atoms with E-state index < -0.39 is 11.2 Å². The number of anilines is 1. The third kappa shape index (κ3) is 4.22. The number of hydrogen-bond acceptors (Lipinski definition) is 6. The number of likely N-dealkylation sites (tertiary alicyclic amines) is 1. The van der Waals surface area contributed by atoms with Crippen LogP contribution in [0.5, 0.6) is 0 Å². The highest BCUT2D eigenvalue weighted by Gasteiger charge is 2.37. The fraction of sp³-hybridized carbons (Fsp3) is 0.800. The van der Waals surface area contributed by atoms with Gasteiger partial charge in [0.25, 0.3) is 0 Å². The lowest BCUT2D eigenvalue weighted by Gasteiger charge is -2.37. The third-order valence-corrected chi connectivity index (χ3v) is 5.85. The molecule has 2 saturated heterocycles. The smallest absolute Gasteiger partial charge is 0.343 e. The van der Waals surface area contributed by atoms with Crippen molar-refractivity contribution in [2.24, 2.45) is 0 Å². The first-order valence-corrected chi connectivity index (χ1v) is 9.32. The van der Waals surface area contributed by atoms with Gasteiger partial charge in [0.15, 0.2) is 0 Å². The molecule has 1 aromatic rings. The first kappa shape index (κ1) is 18.4. The monoisotopic (exact) mass is 377 g/mol. The van der Waals surface area contributed by atoms with E-state index in [1.165, 1.54) is 0 Å². The number of rotatable bonds is 2. The van der Waals surface area contributed by atoms with Crippen LogP contribution in [0, 0.1) is 0 Å². The van der Waals surface area contributed by atoms with Crippen LogP contribution in [-0.4, -0.2) is 71.7 Å². The van der Waals surface area contributed by atoms with Crippen molar-refractivity contribution in [3.05, 3.63) is 5.01 Å². The second kappa shape index (κ2) is 7.45. The lowest BCUT2D eigenvalue weighted by Crippen LogP contribution is -2.54. The predicted molar refractivity (Wildman–Crippen MR) is 88.6 cm³/mol. The molecule has 0 aromatic carbocycles. The molecule has 2 fully saturated rings. The van der Waals surface area contributed by atoms with E-state index in [0.717, 1.165) is 32.2 Å². The summed E-state index contributed by atoms with van der Waals surface area (Å²) in [6, 6.07) is -0.0765. The van der Waals surface area contributed by atoms with Gasteiger partial charge in [-0.15, -0.1) is 10.2 Å². The molecule has 3 rings (SSSR count). The summed E-state index contributed by atoms with van der Waals surface area (Å²) in [6.45, 7) is 2.90. The number of likely N-dealkylation sites (N-methyl/N-ethyl adjacent to an activating group) is 1. The number of alkyl halides is 3. The molecule has 6 nitrogen and oxygen atoms in total. The van der Waals surface area contributed by atoms with Crippen molar-refractivity contribution >= 4 is 22.4 Å². The zero-order valence-corrected chi connectivity index (χ0v) is 14.9. The Kier molecular flexibility index (Phi) is 5.47. The van der Waals surface area contributed by atoms with Crippen molar-refractivity contribution in [3.63, 3.8) is 0 Å².